The molecule has 104 valence electrons. The molecule has 4 nitrogen and oxygen atoms in total. The molecule has 0 saturated heterocycles. The van der Waals surface area contributed by atoms with Crippen molar-refractivity contribution in [3.05, 3.63) is 29.6 Å². The van der Waals surface area contributed by atoms with Gasteiger partial charge < -0.3 is 4.74 Å². The molecule has 0 aromatic carbocycles. The number of hydrogen-bond acceptors (Lipinski definition) is 4. The zero-order chi connectivity index (χ0) is 13.7. The van der Waals surface area contributed by atoms with Crippen LogP contribution in [0.3, 0.4) is 0 Å². The minimum atomic E-state index is -0.160. The Morgan fingerprint density at radius 3 is 2.79 bits per heavy atom. The van der Waals surface area contributed by atoms with Gasteiger partial charge in [-0.25, -0.2) is 0 Å². The van der Waals surface area contributed by atoms with Crippen LogP contribution in [0.15, 0.2) is 18.5 Å². The van der Waals surface area contributed by atoms with Crippen molar-refractivity contribution in [1.29, 1.82) is 0 Å². The Hall–Kier alpha value is -1.42. The van der Waals surface area contributed by atoms with Crippen LogP contribution in [0.2, 0.25) is 0 Å². The lowest BCUT2D eigenvalue weighted by molar-refractivity contribution is -0.142. The van der Waals surface area contributed by atoms with Crippen molar-refractivity contribution in [1.82, 2.24) is 9.88 Å². The third-order valence-corrected chi connectivity index (χ3v) is 3.72. The summed E-state index contributed by atoms with van der Waals surface area (Å²) in [5, 5.41) is 0. The van der Waals surface area contributed by atoms with E-state index in [-0.39, 0.29) is 5.97 Å². The third kappa shape index (κ3) is 4.03. The van der Waals surface area contributed by atoms with E-state index in [9.17, 15) is 4.79 Å². The summed E-state index contributed by atoms with van der Waals surface area (Å²) in [6.45, 7) is 3.18. The van der Waals surface area contributed by atoms with Gasteiger partial charge in [-0.1, -0.05) is 18.9 Å². The van der Waals surface area contributed by atoms with Crippen molar-refractivity contribution < 1.29 is 9.53 Å². The average molecular weight is 262 g/mol. The van der Waals surface area contributed by atoms with Crippen LogP contribution in [-0.4, -0.2) is 35.5 Å². The number of aromatic nitrogens is 1. The summed E-state index contributed by atoms with van der Waals surface area (Å²) >= 11 is 0. The number of pyridine rings is 1. The number of hydrogen-bond donors (Lipinski definition) is 0. The zero-order valence-electron chi connectivity index (χ0n) is 11.8. The van der Waals surface area contributed by atoms with E-state index >= 15 is 0 Å². The number of carbonyl (C=O) groups is 1. The number of aryl methyl sites for hydroxylation is 1. The van der Waals surface area contributed by atoms with Gasteiger partial charge in [0, 0.05) is 25.0 Å². The highest BCUT2D eigenvalue weighted by molar-refractivity contribution is 5.71. The standard InChI is InChI=1S/C15H22N2O2/c1-12-7-13(9-16-8-12)10-17(11-15(18)19-2)14-5-3-4-6-14/h7-9,14H,3-6,10-11H2,1-2H3. The summed E-state index contributed by atoms with van der Waals surface area (Å²) in [6.07, 6.45) is 8.60. The molecule has 0 bridgehead atoms. The molecule has 0 radical (unpaired) electrons. The summed E-state index contributed by atoms with van der Waals surface area (Å²) in [4.78, 5) is 18.0. The molecule has 1 aliphatic rings. The largest absolute Gasteiger partial charge is 0.468 e. The Morgan fingerprint density at radius 2 is 2.16 bits per heavy atom. The van der Waals surface area contributed by atoms with Crippen LogP contribution >= 0.6 is 0 Å². The minimum absolute atomic E-state index is 0.160. The summed E-state index contributed by atoms with van der Waals surface area (Å²) in [6, 6.07) is 2.63. The first-order chi connectivity index (χ1) is 9.19. The third-order valence-electron chi connectivity index (χ3n) is 3.72. The molecular formula is C15H22N2O2. The zero-order valence-corrected chi connectivity index (χ0v) is 11.8. The smallest absolute Gasteiger partial charge is 0.319 e. The minimum Gasteiger partial charge on any atom is -0.468 e. The van der Waals surface area contributed by atoms with Gasteiger partial charge in [0.15, 0.2) is 0 Å². The quantitative estimate of drug-likeness (QED) is 0.764. The van der Waals surface area contributed by atoms with E-state index < -0.39 is 0 Å². The fourth-order valence-electron chi connectivity index (χ4n) is 2.75. The van der Waals surface area contributed by atoms with Gasteiger partial charge in [-0.2, -0.15) is 0 Å². The lowest BCUT2D eigenvalue weighted by Gasteiger charge is -2.27. The number of ether oxygens (including phenoxy) is 1. The molecule has 0 unspecified atom stereocenters. The number of methoxy groups -OCH3 is 1. The molecule has 2 rings (SSSR count). The average Bonchev–Trinajstić information content (AvgIpc) is 2.91. The van der Waals surface area contributed by atoms with Crippen LogP contribution in [0, 0.1) is 6.92 Å². The number of esters is 1. The highest BCUT2D eigenvalue weighted by Gasteiger charge is 2.24. The summed E-state index contributed by atoms with van der Waals surface area (Å²) < 4.78 is 4.81. The highest BCUT2D eigenvalue weighted by atomic mass is 16.5. The van der Waals surface area contributed by atoms with Crippen LogP contribution in [0.4, 0.5) is 0 Å². The van der Waals surface area contributed by atoms with Gasteiger partial charge in [-0.15, -0.1) is 0 Å². The van der Waals surface area contributed by atoms with E-state index in [2.05, 4.69) is 16.0 Å². The predicted molar refractivity (Wildman–Crippen MR) is 73.7 cm³/mol. The first-order valence-corrected chi connectivity index (χ1v) is 6.90. The highest BCUT2D eigenvalue weighted by Crippen LogP contribution is 2.24. The van der Waals surface area contributed by atoms with E-state index in [0.717, 1.165) is 17.7 Å². The van der Waals surface area contributed by atoms with Crippen molar-refractivity contribution in [2.45, 2.75) is 45.2 Å². The molecular weight excluding hydrogens is 240 g/mol. The topological polar surface area (TPSA) is 42.4 Å². The van der Waals surface area contributed by atoms with Gasteiger partial charge in [0.25, 0.3) is 0 Å². The van der Waals surface area contributed by atoms with E-state index in [0.29, 0.717) is 12.6 Å². The maximum atomic E-state index is 11.6. The van der Waals surface area contributed by atoms with E-state index in [1.54, 1.807) is 0 Å². The molecule has 0 atom stereocenters. The van der Waals surface area contributed by atoms with Crippen LogP contribution in [0.1, 0.15) is 36.8 Å². The molecule has 0 N–H and O–H groups in total. The fourth-order valence-corrected chi connectivity index (χ4v) is 2.75. The molecule has 1 aromatic heterocycles. The van der Waals surface area contributed by atoms with Crippen molar-refractivity contribution >= 4 is 5.97 Å². The normalized spacial score (nSPS) is 15.9. The molecule has 1 fully saturated rings. The fraction of sp³-hybridized carbons (Fsp3) is 0.600. The molecule has 0 amide bonds. The Balaban J connectivity index is 2.05. The van der Waals surface area contributed by atoms with Crippen LogP contribution < -0.4 is 0 Å². The van der Waals surface area contributed by atoms with Crippen molar-refractivity contribution in [2.24, 2.45) is 0 Å². The van der Waals surface area contributed by atoms with Crippen molar-refractivity contribution in [3.63, 3.8) is 0 Å². The number of rotatable bonds is 5. The molecule has 1 aliphatic carbocycles. The second-order valence-electron chi connectivity index (χ2n) is 5.29. The van der Waals surface area contributed by atoms with Gasteiger partial charge in [-0.3, -0.25) is 14.7 Å². The monoisotopic (exact) mass is 262 g/mol. The van der Waals surface area contributed by atoms with Gasteiger partial charge in [0.05, 0.1) is 13.7 Å². The number of carbonyl (C=O) groups excluding carboxylic acids is 1. The molecule has 1 heterocycles. The Kier molecular flexibility index (Phi) is 4.91. The van der Waals surface area contributed by atoms with Crippen LogP contribution in [0.5, 0.6) is 0 Å². The lowest BCUT2D eigenvalue weighted by atomic mass is 10.1. The molecule has 0 aliphatic heterocycles. The van der Waals surface area contributed by atoms with E-state index in [4.69, 9.17) is 4.74 Å². The first-order valence-electron chi connectivity index (χ1n) is 6.90. The summed E-state index contributed by atoms with van der Waals surface area (Å²) in [5.41, 5.74) is 2.32. The van der Waals surface area contributed by atoms with Crippen molar-refractivity contribution in [3.8, 4) is 0 Å². The molecule has 1 aromatic rings. The van der Waals surface area contributed by atoms with Gasteiger partial charge in [-0.05, 0) is 30.9 Å². The van der Waals surface area contributed by atoms with Crippen LogP contribution in [0.25, 0.3) is 0 Å². The Morgan fingerprint density at radius 1 is 1.42 bits per heavy atom. The molecule has 0 spiro atoms. The predicted octanol–water partition coefficient (Wildman–Crippen LogP) is 2.31. The van der Waals surface area contributed by atoms with Crippen LogP contribution in [-0.2, 0) is 16.1 Å². The lowest BCUT2D eigenvalue weighted by Crippen LogP contribution is -2.37. The molecule has 19 heavy (non-hydrogen) atoms. The second kappa shape index (κ2) is 6.66. The maximum absolute atomic E-state index is 11.6. The Labute approximate surface area is 114 Å². The number of nitrogens with zero attached hydrogens (tertiary/aromatic N) is 2. The maximum Gasteiger partial charge on any atom is 0.319 e. The Bertz CT molecular complexity index is 428. The SMILES string of the molecule is COC(=O)CN(Cc1cncc(C)c1)C1CCCC1. The second-order valence-corrected chi connectivity index (χ2v) is 5.29. The van der Waals surface area contributed by atoms with Gasteiger partial charge in [0.1, 0.15) is 0 Å². The van der Waals surface area contributed by atoms with E-state index in [1.165, 1.54) is 32.8 Å². The molecule has 4 heteroatoms. The van der Waals surface area contributed by atoms with E-state index in [1.807, 2.05) is 19.3 Å². The summed E-state index contributed by atoms with van der Waals surface area (Å²) in [5.74, 6) is -0.160. The van der Waals surface area contributed by atoms with Gasteiger partial charge >= 0.3 is 5.97 Å². The van der Waals surface area contributed by atoms with Crippen molar-refractivity contribution in [2.75, 3.05) is 13.7 Å². The molecule has 1 saturated carbocycles. The van der Waals surface area contributed by atoms with Gasteiger partial charge in [0.2, 0.25) is 0 Å². The first kappa shape index (κ1) is 14.0. The summed E-state index contributed by atoms with van der Waals surface area (Å²) in [7, 11) is 1.45.